The van der Waals surface area contributed by atoms with E-state index in [-0.39, 0.29) is 0 Å². The largest absolute Gasteiger partial charge is 0.383 e. The van der Waals surface area contributed by atoms with Crippen molar-refractivity contribution in [1.29, 1.82) is 0 Å². The molecule has 0 bridgehead atoms. The first kappa shape index (κ1) is 11.6. The summed E-state index contributed by atoms with van der Waals surface area (Å²) in [5, 5.41) is 10.9. The monoisotopic (exact) mass is 249 g/mol. The van der Waals surface area contributed by atoms with Crippen molar-refractivity contribution in [1.82, 2.24) is 4.90 Å². The van der Waals surface area contributed by atoms with Gasteiger partial charge in [-0.1, -0.05) is 24.3 Å². The molecule has 0 saturated carbocycles. The maximum absolute atomic E-state index is 10.9. The van der Waals surface area contributed by atoms with Crippen molar-refractivity contribution in [2.75, 3.05) is 25.4 Å². The van der Waals surface area contributed by atoms with Crippen molar-refractivity contribution in [2.45, 2.75) is 24.2 Å². The molecule has 1 unspecified atom stereocenters. The average Bonchev–Trinajstić information content (AvgIpc) is 2.82. The molecule has 1 aromatic carbocycles. The highest BCUT2D eigenvalue weighted by Gasteiger charge is 2.36. The fraction of sp³-hybridized carbons (Fsp3) is 0.571. The number of hydrogen-bond acceptors (Lipinski definition) is 3. The lowest BCUT2D eigenvalue weighted by Crippen LogP contribution is -2.43. The van der Waals surface area contributed by atoms with Gasteiger partial charge in [-0.05, 0) is 37.1 Å². The molecular formula is C14H19NOS. The van der Waals surface area contributed by atoms with E-state index in [0.717, 1.165) is 36.7 Å². The summed E-state index contributed by atoms with van der Waals surface area (Å²) < 4.78 is 0. The van der Waals surface area contributed by atoms with E-state index < -0.39 is 5.60 Å². The van der Waals surface area contributed by atoms with Crippen molar-refractivity contribution < 1.29 is 5.11 Å². The highest BCUT2D eigenvalue weighted by atomic mass is 32.2. The van der Waals surface area contributed by atoms with E-state index in [2.05, 4.69) is 23.1 Å². The minimum Gasteiger partial charge on any atom is -0.383 e. The molecule has 1 saturated heterocycles. The fourth-order valence-corrected chi connectivity index (χ4v) is 4.11. The smallest absolute Gasteiger partial charge is 0.112 e. The van der Waals surface area contributed by atoms with Gasteiger partial charge in [0, 0.05) is 18.1 Å². The van der Waals surface area contributed by atoms with Gasteiger partial charge in [0.05, 0.1) is 0 Å². The Labute approximate surface area is 107 Å². The SMILES string of the molecule is OC1(CN2CCCC2)CSCc2ccccc21. The Hall–Kier alpha value is -0.510. The predicted octanol–water partition coefficient (Wildman–Crippen LogP) is 2.22. The molecule has 2 aliphatic heterocycles. The number of fused-ring (bicyclic) bond motifs is 1. The Morgan fingerprint density at radius 3 is 2.82 bits per heavy atom. The number of benzene rings is 1. The van der Waals surface area contributed by atoms with Crippen molar-refractivity contribution >= 4 is 11.8 Å². The normalized spacial score (nSPS) is 29.2. The van der Waals surface area contributed by atoms with Crippen LogP contribution in [0.2, 0.25) is 0 Å². The second-order valence-electron chi connectivity index (χ2n) is 5.16. The van der Waals surface area contributed by atoms with Crippen LogP contribution in [0.3, 0.4) is 0 Å². The molecule has 1 aromatic rings. The molecule has 0 amide bonds. The van der Waals surface area contributed by atoms with Crippen LogP contribution >= 0.6 is 11.8 Å². The lowest BCUT2D eigenvalue weighted by molar-refractivity contribution is 0.0257. The molecule has 2 aliphatic rings. The van der Waals surface area contributed by atoms with E-state index in [1.807, 2.05) is 17.8 Å². The topological polar surface area (TPSA) is 23.5 Å². The Kier molecular flexibility index (Phi) is 3.16. The summed E-state index contributed by atoms with van der Waals surface area (Å²) >= 11 is 1.85. The van der Waals surface area contributed by atoms with Gasteiger partial charge < -0.3 is 10.0 Å². The number of thioether (sulfide) groups is 1. The molecule has 92 valence electrons. The van der Waals surface area contributed by atoms with Gasteiger partial charge in [0.2, 0.25) is 0 Å². The summed E-state index contributed by atoms with van der Waals surface area (Å²) in [5.41, 5.74) is 1.83. The van der Waals surface area contributed by atoms with E-state index >= 15 is 0 Å². The molecule has 2 heterocycles. The number of likely N-dealkylation sites (tertiary alicyclic amines) is 1. The third-order valence-corrected chi connectivity index (χ3v) is 5.00. The van der Waals surface area contributed by atoms with Gasteiger partial charge in [0.1, 0.15) is 5.60 Å². The second-order valence-corrected chi connectivity index (χ2v) is 6.15. The van der Waals surface area contributed by atoms with Crippen LogP contribution in [0.15, 0.2) is 24.3 Å². The molecule has 3 heteroatoms. The molecule has 0 aromatic heterocycles. The predicted molar refractivity (Wildman–Crippen MR) is 72.2 cm³/mol. The van der Waals surface area contributed by atoms with Crippen LogP contribution in [0.4, 0.5) is 0 Å². The fourth-order valence-electron chi connectivity index (χ4n) is 2.95. The number of nitrogens with zero attached hydrogens (tertiary/aromatic N) is 1. The molecule has 2 nitrogen and oxygen atoms in total. The minimum atomic E-state index is -0.635. The molecule has 0 spiro atoms. The first-order valence-corrected chi connectivity index (χ1v) is 7.54. The molecule has 1 atom stereocenters. The van der Waals surface area contributed by atoms with E-state index in [0.29, 0.717) is 0 Å². The summed E-state index contributed by atoms with van der Waals surface area (Å²) in [6, 6.07) is 8.37. The summed E-state index contributed by atoms with van der Waals surface area (Å²) in [5.74, 6) is 1.87. The van der Waals surface area contributed by atoms with Gasteiger partial charge in [0.25, 0.3) is 0 Å². The summed E-state index contributed by atoms with van der Waals surface area (Å²) in [6.45, 7) is 3.10. The van der Waals surface area contributed by atoms with Crippen molar-refractivity contribution in [3.8, 4) is 0 Å². The van der Waals surface area contributed by atoms with E-state index in [1.54, 1.807) is 0 Å². The average molecular weight is 249 g/mol. The lowest BCUT2D eigenvalue weighted by Gasteiger charge is -2.37. The number of rotatable bonds is 2. The van der Waals surface area contributed by atoms with Crippen LogP contribution in [0.1, 0.15) is 24.0 Å². The Morgan fingerprint density at radius 2 is 2.00 bits per heavy atom. The maximum atomic E-state index is 10.9. The highest BCUT2D eigenvalue weighted by molar-refractivity contribution is 7.98. The van der Waals surface area contributed by atoms with Crippen molar-refractivity contribution in [3.05, 3.63) is 35.4 Å². The molecule has 0 radical (unpaired) electrons. The van der Waals surface area contributed by atoms with Gasteiger partial charge in [-0.25, -0.2) is 0 Å². The third kappa shape index (κ3) is 2.24. The molecular weight excluding hydrogens is 230 g/mol. The quantitative estimate of drug-likeness (QED) is 0.869. The maximum Gasteiger partial charge on any atom is 0.112 e. The zero-order chi connectivity index (χ0) is 11.7. The zero-order valence-corrected chi connectivity index (χ0v) is 10.9. The van der Waals surface area contributed by atoms with Crippen LogP contribution in [-0.2, 0) is 11.4 Å². The van der Waals surface area contributed by atoms with E-state index in [4.69, 9.17) is 0 Å². The van der Waals surface area contributed by atoms with E-state index in [9.17, 15) is 5.11 Å². The second kappa shape index (κ2) is 4.63. The Bertz CT molecular complexity index is 403. The van der Waals surface area contributed by atoms with Crippen LogP contribution in [-0.4, -0.2) is 35.4 Å². The Morgan fingerprint density at radius 1 is 1.24 bits per heavy atom. The first-order chi connectivity index (χ1) is 8.28. The van der Waals surface area contributed by atoms with Crippen LogP contribution < -0.4 is 0 Å². The van der Waals surface area contributed by atoms with Gasteiger partial charge in [-0.15, -0.1) is 0 Å². The summed E-state index contributed by atoms with van der Waals surface area (Å²) in [6.07, 6.45) is 2.57. The highest BCUT2D eigenvalue weighted by Crippen LogP contribution is 2.37. The van der Waals surface area contributed by atoms with Gasteiger partial charge in [-0.3, -0.25) is 0 Å². The summed E-state index contributed by atoms with van der Waals surface area (Å²) in [7, 11) is 0. The summed E-state index contributed by atoms with van der Waals surface area (Å²) in [4.78, 5) is 2.41. The van der Waals surface area contributed by atoms with Gasteiger partial charge >= 0.3 is 0 Å². The van der Waals surface area contributed by atoms with Crippen molar-refractivity contribution in [3.63, 3.8) is 0 Å². The van der Waals surface area contributed by atoms with Gasteiger partial charge in [-0.2, -0.15) is 11.8 Å². The lowest BCUT2D eigenvalue weighted by atomic mass is 9.91. The van der Waals surface area contributed by atoms with Gasteiger partial charge in [0.15, 0.2) is 0 Å². The standard InChI is InChI=1S/C14H19NOS/c16-14(10-15-7-3-4-8-15)11-17-9-12-5-1-2-6-13(12)14/h1-2,5-6,16H,3-4,7-11H2. The first-order valence-electron chi connectivity index (χ1n) is 6.39. The minimum absolute atomic E-state index is 0.635. The number of aliphatic hydroxyl groups is 1. The molecule has 1 fully saturated rings. The molecule has 0 aliphatic carbocycles. The van der Waals surface area contributed by atoms with Crippen LogP contribution in [0.25, 0.3) is 0 Å². The van der Waals surface area contributed by atoms with Crippen LogP contribution in [0.5, 0.6) is 0 Å². The molecule has 3 rings (SSSR count). The Balaban J connectivity index is 1.86. The molecule has 17 heavy (non-hydrogen) atoms. The van der Waals surface area contributed by atoms with E-state index in [1.165, 1.54) is 18.4 Å². The number of hydrogen-bond donors (Lipinski definition) is 1. The molecule has 1 N–H and O–H groups in total. The number of β-amino-alcohol motifs (C(OH)–C–C–N with tert-alkyl or cyclic N) is 1. The van der Waals surface area contributed by atoms with Crippen molar-refractivity contribution in [2.24, 2.45) is 0 Å². The zero-order valence-electron chi connectivity index (χ0n) is 10.1. The third-order valence-electron chi connectivity index (χ3n) is 3.80. The van der Waals surface area contributed by atoms with Crippen LogP contribution in [0, 0.1) is 0 Å².